The number of hydrogen-bond donors (Lipinski definition) is 1. The first kappa shape index (κ1) is 14.6. The number of rotatable bonds is 3. The van der Waals surface area contributed by atoms with E-state index in [2.05, 4.69) is 9.97 Å². The van der Waals surface area contributed by atoms with Gasteiger partial charge < -0.3 is 5.73 Å². The Kier molecular flexibility index (Phi) is 4.32. The number of nitrogens with two attached hydrogens (primary N) is 1. The predicted octanol–water partition coefficient (Wildman–Crippen LogP) is 4.77. The molecule has 0 radical (unpaired) electrons. The minimum absolute atomic E-state index is 0.288. The minimum Gasteiger partial charge on any atom is -0.368 e. The number of hydrogen-bond acceptors (Lipinski definition) is 3. The normalized spacial score (nSPS) is 15.5. The molecule has 1 saturated carbocycles. The van der Waals surface area contributed by atoms with E-state index in [4.69, 9.17) is 28.9 Å². The molecule has 0 aliphatic heterocycles. The summed E-state index contributed by atoms with van der Waals surface area (Å²) in [6.45, 7) is 0. The van der Waals surface area contributed by atoms with Crippen LogP contribution in [0.5, 0.6) is 0 Å². The highest BCUT2D eigenvalue weighted by atomic mass is 35.5. The van der Waals surface area contributed by atoms with Crippen LogP contribution in [0.15, 0.2) is 24.3 Å². The summed E-state index contributed by atoms with van der Waals surface area (Å²) < 4.78 is 0. The first-order valence-corrected chi connectivity index (χ1v) is 7.97. The second kappa shape index (κ2) is 6.20. The Morgan fingerprint density at radius 2 is 1.90 bits per heavy atom. The number of nitrogen functional groups attached to an aromatic ring is 1. The number of aromatic nitrogens is 2. The van der Waals surface area contributed by atoms with E-state index in [1.54, 1.807) is 6.07 Å². The molecule has 21 heavy (non-hydrogen) atoms. The smallest absolute Gasteiger partial charge is 0.220 e. The van der Waals surface area contributed by atoms with Gasteiger partial charge in [-0.3, -0.25) is 0 Å². The van der Waals surface area contributed by atoms with Gasteiger partial charge in [-0.15, -0.1) is 0 Å². The zero-order chi connectivity index (χ0) is 14.8. The monoisotopic (exact) mass is 321 g/mol. The molecular formula is C16H17Cl2N3. The van der Waals surface area contributed by atoms with Gasteiger partial charge in [0.15, 0.2) is 0 Å². The van der Waals surface area contributed by atoms with Gasteiger partial charge in [0.05, 0.1) is 15.7 Å². The predicted molar refractivity (Wildman–Crippen MR) is 87.6 cm³/mol. The van der Waals surface area contributed by atoms with Gasteiger partial charge in [0, 0.05) is 11.3 Å². The zero-order valence-corrected chi connectivity index (χ0v) is 13.2. The first-order valence-electron chi connectivity index (χ1n) is 7.21. The van der Waals surface area contributed by atoms with Gasteiger partial charge in [0.25, 0.3) is 0 Å². The molecule has 1 aliphatic carbocycles. The minimum atomic E-state index is 0.288. The molecule has 1 fully saturated rings. The van der Waals surface area contributed by atoms with E-state index in [0.29, 0.717) is 16.0 Å². The Morgan fingerprint density at radius 1 is 1.14 bits per heavy atom. The van der Waals surface area contributed by atoms with Crippen LogP contribution in [0.1, 0.15) is 31.4 Å². The Hall–Kier alpha value is -1.32. The van der Waals surface area contributed by atoms with E-state index < -0.39 is 0 Å². The van der Waals surface area contributed by atoms with Crippen LogP contribution in [0.25, 0.3) is 11.3 Å². The Balaban J connectivity index is 1.95. The van der Waals surface area contributed by atoms with Crippen molar-refractivity contribution in [2.75, 3.05) is 5.73 Å². The summed E-state index contributed by atoms with van der Waals surface area (Å²) in [6.07, 6.45) is 6.14. The lowest BCUT2D eigenvalue weighted by Crippen LogP contribution is -2.05. The van der Waals surface area contributed by atoms with Crippen LogP contribution in [-0.2, 0) is 6.42 Å². The Morgan fingerprint density at radius 3 is 2.67 bits per heavy atom. The van der Waals surface area contributed by atoms with Crippen molar-refractivity contribution >= 4 is 29.2 Å². The fourth-order valence-corrected chi connectivity index (χ4v) is 3.37. The van der Waals surface area contributed by atoms with Crippen LogP contribution in [0.2, 0.25) is 10.0 Å². The second-order valence-electron chi connectivity index (χ2n) is 5.56. The van der Waals surface area contributed by atoms with Crippen LogP contribution in [0, 0.1) is 5.92 Å². The number of halogens is 2. The maximum atomic E-state index is 6.27. The van der Waals surface area contributed by atoms with Crippen LogP contribution in [0.4, 0.5) is 5.95 Å². The van der Waals surface area contributed by atoms with E-state index in [9.17, 15) is 0 Å². The maximum Gasteiger partial charge on any atom is 0.220 e. The van der Waals surface area contributed by atoms with Crippen LogP contribution >= 0.6 is 23.2 Å². The molecule has 1 aromatic carbocycles. The van der Waals surface area contributed by atoms with Crippen LogP contribution < -0.4 is 5.73 Å². The summed E-state index contributed by atoms with van der Waals surface area (Å²) in [5.74, 6) is 0.999. The van der Waals surface area contributed by atoms with Gasteiger partial charge in [-0.1, -0.05) is 61.0 Å². The summed E-state index contributed by atoms with van der Waals surface area (Å²) in [7, 11) is 0. The molecule has 0 atom stereocenters. The third kappa shape index (κ3) is 3.30. The topological polar surface area (TPSA) is 51.8 Å². The average Bonchev–Trinajstić information content (AvgIpc) is 2.94. The van der Waals surface area contributed by atoms with Crippen LogP contribution in [-0.4, -0.2) is 9.97 Å². The van der Waals surface area contributed by atoms with Gasteiger partial charge in [-0.05, 0) is 24.5 Å². The van der Waals surface area contributed by atoms with Crippen molar-refractivity contribution < 1.29 is 0 Å². The summed E-state index contributed by atoms with van der Waals surface area (Å²) in [5, 5.41) is 1.02. The van der Waals surface area contributed by atoms with Crippen molar-refractivity contribution in [2.45, 2.75) is 32.1 Å². The van der Waals surface area contributed by atoms with Crippen molar-refractivity contribution in [3.8, 4) is 11.3 Å². The van der Waals surface area contributed by atoms with E-state index in [1.165, 1.54) is 25.7 Å². The molecule has 0 saturated heterocycles. The maximum absolute atomic E-state index is 6.27. The lowest BCUT2D eigenvalue weighted by Gasteiger charge is -2.11. The van der Waals surface area contributed by atoms with E-state index >= 15 is 0 Å². The first-order chi connectivity index (χ1) is 10.1. The molecule has 1 heterocycles. The van der Waals surface area contributed by atoms with Crippen molar-refractivity contribution in [3.05, 3.63) is 40.0 Å². The van der Waals surface area contributed by atoms with E-state index in [-0.39, 0.29) is 5.95 Å². The standard InChI is InChI=1S/C16H17Cl2N3/c17-13-7-3-6-12(15(13)18)14-9-11(20-16(19)21-14)8-10-4-1-2-5-10/h3,6-7,9-10H,1-2,4-5,8H2,(H2,19,20,21). The highest BCUT2D eigenvalue weighted by molar-refractivity contribution is 6.43. The number of nitrogens with zero attached hydrogens (tertiary/aromatic N) is 2. The van der Waals surface area contributed by atoms with Gasteiger partial charge in [-0.25, -0.2) is 9.97 Å². The van der Waals surface area contributed by atoms with Gasteiger partial charge >= 0.3 is 0 Å². The summed E-state index contributed by atoms with van der Waals surface area (Å²) in [4.78, 5) is 8.67. The molecular weight excluding hydrogens is 305 g/mol. The van der Waals surface area contributed by atoms with Crippen LogP contribution in [0.3, 0.4) is 0 Å². The molecule has 0 amide bonds. The molecule has 5 heteroatoms. The molecule has 2 aromatic rings. The van der Waals surface area contributed by atoms with Crippen molar-refractivity contribution in [2.24, 2.45) is 5.92 Å². The molecule has 0 unspecified atom stereocenters. The average molecular weight is 322 g/mol. The fourth-order valence-electron chi connectivity index (χ4n) is 2.97. The third-order valence-electron chi connectivity index (χ3n) is 4.00. The molecule has 1 aromatic heterocycles. The Labute approximate surface area is 134 Å². The number of benzene rings is 1. The van der Waals surface area contributed by atoms with Gasteiger partial charge in [0.1, 0.15) is 0 Å². The molecule has 1 aliphatic rings. The summed E-state index contributed by atoms with van der Waals surface area (Å²) in [5.41, 5.74) is 8.38. The van der Waals surface area contributed by atoms with Crippen molar-refractivity contribution in [1.29, 1.82) is 0 Å². The number of anilines is 1. The highest BCUT2D eigenvalue weighted by Crippen LogP contribution is 2.34. The molecule has 110 valence electrons. The lowest BCUT2D eigenvalue weighted by molar-refractivity contribution is 0.539. The Bertz CT molecular complexity index is 652. The lowest BCUT2D eigenvalue weighted by atomic mass is 10.0. The zero-order valence-electron chi connectivity index (χ0n) is 11.6. The molecule has 2 N–H and O–H groups in total. The van der Waals surface area contributed by atoms with E-state index in [0.717, 1.165) is 23.4 Å². The molecule has 0 bridgehead atoms. The highest BCUT2D eigenvalue weighted by Gasteiger charge is 2.17. The van der Waals surface area contributed by atoms with Gasteiger partial charge in [0.2, 0.25) is 5.95 Å². The largest absolute Gasteiger partial charge is 0.368 e. The van der Waals surface area contributed by atoms with Crippen molar-refractivity contribution in [1.82, 2.24) is 9.97 Å². The molecule has 3 rings (SSSR count). The van der Waals surface area contributed by atoms with E-state index in [1.807, 2.05) is 18.2 Å². The quantitative estimate of drug-likeness (QED) is 0.886. The van der Waals surface area contributed by atoms with Crippen molar-refractivity contribution in [3.63, 3.8) is 0 Å². The molecule has 3 nitrogen and oxygen atoms in total. The van der Waals surface area contributed by atoms with Gasteiger partial charge in [-0.2, -0.15) is 0 Å². The summed E-state index contributed by atoms with van der Waals surface area (Å²) >= 11 is 12.3. The fraction of sp³-hybridized carbons (Fsp3) is 0.375. The third-order valence-corrected chi connectivity index (χ3v) is 4.82. The second-order valence-corrected chi connectivity index (χ2v) is 6.34. The SMILES string of the molecule is Nc1nc(CC2CCCC2)cc(-c2cccc(Cl)c2Cl)n1. The molecule has 0 spiro atoms. The summed E-state index contributed by atoms with van der Waals surface area (Å²) in [6, 6.07) is 7.50.